The van der Waals surface area contributed by atoms with Gasteiger partial charge in [-0.1, -0.05) is 10.9 Å². The maximum Gasteiger partial charge on any atom is 0.350 e. The Morgan fingerprint density at radius 1 is 1.19 bits per heavy atom. The molecule has 0 aliphatic heterocycles. The highest BCUT2D eigenvalue weighted by Crippen LogP contribution is 2.26. The highest BCUT2D eigenvalue weighted by atomic mass is 19.3. The van der Waals surface area contributed by atoms with Crippen molar-refractivity contribution >= 4 is 11.4 Å². The minimum Gasteiger partial charge on any atom is -0.473 e. The number of pyridine rings is 1. The smallest absolute Gasteiger partial charge is 0.350 e. The molecule has 4 aromatic rings. The third kappa shape index (κ3) is 4.58. The fourth-order valence-electron chi connectivity index (χ4n) is 3.57. The van der Waals surface area contributed by atoms with E-state index in [4.69, 9.17) is 4.74 Å². The van der Waals surface area contributed by atoms with Crippen LogP contribution in [0.25, 0.3) is 5.52 Å². The summed E-state index contributed by atoms with van der Waals surface area (Å²) in [5.74, 6) is -2.43. The van der Waals surface area contributed by atoms with Gasteiger partial charge in [-0.05, 0) is 49.7 Å². The van der Waals surface area contributed by atoms with E-state index in [0.29, 0.717) is 11.1 Å². The third-order valence-corrected chi connectivity index (χ3v) is 5.48. The summed E-state index contributed by atoms with van der Waals surface area (Å²) < 4.78 is 60.7. The number of fused-ring (bicyclic) bond motifs is 1. The quantitative estimate of drug-likeness (QED) is 0.352. The van der Waals surface area contributed by atoms with Crippen molar-refractivity contribution in [3.05, 3.63) is 70.2 Å². The number of tetrazole rings is 1. The lowest BCUT2D eigenvalue weighted by Crippen LogP contribution is -2.47. The lowest BCUT2D eigenvalue weighted by molar-refractivity contribution is 0.0386. The summed E-state index contributed by atoms with van der Waals surface area (Å²) in [6.07, 6.45) is 0. The minimum absolute atomic E-state index is 0.0569. The Hall–Kier alpha value is -4.07. The van der Waals surface area contributed by atoms with E-state index in [0.717, 1.165) is 12.1 Å². The van der Waals surface area contributed by atoms with E-state index in [1.54, 1.807) is 26.0 Å². The summed E-state index contributed by atoms with van der Waals surface area (Å²) in [5, 5.41) is 27.1. The number of benzene rings is 1. The molecule has 0 aliphatic carbocycles. The summed E-state index contributed by atoms with van der Waals surface area (Å²) in [4.78, 5) is 13.3. The molecular formula is C22H21F4N7O3. The molecule has 1 aromatic carbocycles. The van der Waals surface area contributed by atoms with E-state index in [1.165, 1.54) is 17.5 Å². The number of nitrogens with zero attached hydrogens (tertiary/aromatic N) is 6. The monoisotopic (exact) mass is 507 g/mol. The Kier molecular flexibility index (Phi) is 6.63. The van der Waals surface area contributed by atoms with Crippen molar-refractivity contribution in [2.75, 3.05) is 6.61 Å². The number of rotatable bonds is 8. The minimum atomic E-state index is -3.05. The Labute approximate surface area is 201 Å². The van der Waals surface area contributed by atoms with Crippen LogP contribution in [-0.4, -0.2) is 47.4 Å². The summed E-state index contributed by atoms with van der Waals surface area (Å²) in [5.41, 5.74) is -0.579. The second kappa shape index (κ2) is 9.53. The molecule has 0 saturated heterocycles. The van der Waals surface area contributed by atoms with E-state index < -0.39 is 42.8 Å². The van der Waals surface area contributed by atoms with Crippen LogP contribution in [0.1, 0.15) is 46.5 Å². The third-order valence-electron chi connectivity index (χ3n) is 5.48. The van der Waals surface area contributed by atoms with Crippen LogP contribution in [0.5, 0.6) is 5.88 Å². The fourth-order valence-corrected chi connectivity index (χ4v) is 3.57. The van der Waals surface area contributed by atoms with Crippen molar-refractivity contribution in [2.45, 2.75) is 39.5 Å². The number of hydrogen-bond acceptors (Lipinski definition) is 7. The molecule has 36 heavy (non-hydrogen) atoms. The highest BCUT2D eigenvalue weighted by molar-refractivity contribution is 6.02. The molecule has 0 spiro atoms. The first-order chi connectivity index (χ1) is 17.0. The molecule has 1 atom stereocenters. The molecule has 3 heterocycles. The molecule has 0 radical (unpaired) electrons. The zero-order valence-electron chi connectivity index (χ0n) is 19.3. The Balaban J connectivity index is 1.67. The predicted octanol–water partition coefficient (Wildman–Crippen LogP) is 2.83. The fraction of sp³-hybridized carbons (Fsp3) is 0.318. The summed E-state index contributed by atoms with van der Waals surface area (Å²) in [6, 6.07) is 6.70. The van der Waals surface area contributed by atoms with Gasteiger partial charge in [0.1, 0.15) is 23.8 Å². The maximum atomic E-state index is 14.0. The van der Waals surface area contributed by atoms with Crippen LogP contribution >= 0.6 is 0 Å². The zero-order chi connectivity index (χ0) is 26.2. The number of carbonyl (C=O) groups excluding carboxylic acids is 1. The molecule has 3 aromatic heterocycles. The van der Waals surface area contributed by atoms with E-state index in [2.05, 4.69) is 25.8 Å². The van der Waals surface area contributed by atoms with Gasteiger partial charge in [0.2, 0.25) is 11.7 Å². The number of hydrogen-bond donors (Lipinski definition) is 2. The van der Waals surface area contributed by atoms with Gasteiger partial charge >= 0.3 is 6.55 Å². The molecule has 0 aliphatic rings. The van der Waals surface area contributed by atoms with Gasteiger partial charge in [0.25, 0.3) is 5.91 Å². The van der Waals surface area contributed by atoms with Crippen LogP contribution in [0.4, 0.5) is 17.6 Å². The molecule has 10 nitrogen and oxygen atoms in total. The maximum absolute atomic E-state index is 14.0. The van der Waals surface area contributed by atoms with Gasteiger partial charge < -0.3 is 15.2 Å². The van der Waals surface area contributed by atoms with Gasteiger partial charge in [-0.15, -0.1) is 10.2 Å². The summed E-state index contributed by atoms with van der Waals surface area (Å²) in [7, 11) is 0. The number of aliphatic hydroxyl groups excluding tert-OH is 1. The molecule has 1 amide bonds. The summed E-state index contributed by atoms with van der Waals surface area (Å²) >= 11 is 0. The van der Waals surface area contributed by atoms with E-state index in [1.807, 2.05) is 0 Å². The second-order valence-electron chi connectivity index (χ2n) is 8.27. The number of nitrogens with one attached hydrogen (secondary N) is 1. The summed E-state index contributed by atoms with van der Waals surface area (Å²) in [6.45, 7) is 0.441. The molecule has 1 unspecified atom stereocenters. The van der Waals surface area contributed by atoms with Crippen LogP contribution < -0.4 is 10.1 Å². The molecule has 14 heteroatoms. The predicted molar refractivity (Wildman–Crippen MR) is 116 cm³/mol. The number of aliphatic hydroxyl groups is 1. The van der Waals surface area contributed by atoms with Gasteiger partial charge in [-0.25, -0.2) is 8.78 Å². The van der Waals surface area contributed by atoms with Crippen LogP contribution in [0.3, 0.4) is 0 Å². The topological polar surface area (TPSA) is 119 Å². The van der Waals surface area contributed by atoms with Crippen molar-refractivity contribution in [3.8, 4) is 5.88 Å². The molecular weight excluding hydrogens is 486 g/mol. The lowest BCUT2D eigenvalue weighted by Gasteiger charge is -2.25. The van der Waals surface area contributed by atoms with E-state index in [9.17, 15) is 27.5 Å². The molecule has 2 N–H and O–H groups in total. The van der Waals surface area contributed by atoms with Gasteiger partial charge in [0.05, 0.1) is 28.9 Å². The first kappa shape index (κ1) is 25.0. The molecule has 0 fully saturated rings. The van der Waals surface area contributed by atoms with Crippen molar-refractivity contribution < 1.29 is 32.2 Å². The average Bonchev–Trinajstić information content (AvgIpc) is 3.44. The van der Waals surface area contributed by atoms with Crippen molar-refractivity contribution in [1.82, 2.24) is 35.1 Å². The lowest BCUT2D eigenvalue weighted by atomic mass is 10.0. The normalized spacial score (nSPS) is 13.2. The number of aryl methyl sites for hydroxylation is 2. The van der Waals surface area contributed by atoms with Crippen LogP contribution in [0.15, 0.2) is 30.3 Å². The highest BCUT2D eigenvalue weighted by Gasteiger charge is 2.35. The van der Waals surface area contributed by atoms with Gasteiger partial charge in [-0.2, -0.15) is 18.4 Å². The largest absolute Gasteiger partial charge is 0.473 e. The Bertz CT molecular complexity index is 1420. The van der Waals surface area contributed by atoms with Crippen LogP contribution in [0.2, 0.25) is 0 Å². The van der Waals surface area contributed by atoms with E-state index >= 15 is 0 Å². The van der Waals surface area contributed by atoms with Crippen LogP contribution in [-0.2, 0) is 12.1 Å². The Morgan fingerprint density at radius 2 is 1.89 bits per heavy atom. The second-order valence-corrected chi connectivity index (χ2v) is 8.27. The number of halogens is 4. The number of aromatic nitrogens is 6. The molecule has 4 rings (SSSR count). The van der Waals surface area contributed by atoms with Crippen molar-refractivity contribution in [1.29, 1.82) is 0 Å². The SMILES string of the molecule is Cc1cc(OCc2c(F)cccc2F)n2nc(C)c(C(=O)NC(C)(CO)c3nnn(C(F)F)n3)c2c1. The molecule has 0 bridgehead atoms. The van der Waals surface area contributed by atoms with E-state index in [-0.39, 0.29) is 33.3 Å². The average molecular weight is 507 g/mol. The van der Waals surface area contributed by atoms with Crippen molar-refractivity contribution in [3.63, 3.8) is 0 Å². The van der Waals surface area contributed by atoms with Gasteiger partial charge in [0.15, 0.2) is 0 Å². The molecule has 190 valence electrons. The van der Waals surface area contributed by atoms with Gasteiger partial charge in [0, 0.05) is 6.07 Å². The Morgan fingerprint density at radius 3 is 2.50 bits per heavy atom. The number of amides is 1. The number of ether oxygens (including phenoxy) is 1. The first-order valence-electron chi connectivity index (χ1n) is 10.6. The van der Waals surface area contributed by atoms with Crippen molar-refractivity contribution in [2.24, 2.45) is 0 Å². The van der Waals surface area contributed by atoms with Crippen LogP contribution in [0, 0.1) is 25.5 Å². The van der Waals surface area contributed by atoms with Gasteiger partial charge in [-0.3, -0.25) is 4.79 Å². The molecule has 0 saturated carbocycles. The first-order valence-corrected chi connectivity index (χ1v) is 10.6. The number of alkyl halides is 2. The number of carbonyl (C=O) groups is 1. The zero-order valence-corrected chi connectivity index (χ0v) is 19.3. The standard InChI is InChI=1S/C22H21F4N7O3/c1-11-7-16-18(19(35)27-22(3,10-34)20-28-31-33(30-20)21(25)26)12(2)29-32(16)17(8-11)36-9-13-14(23)5-4-6-15(13)24/h4-8,21,34H,9-10H2,1-3H3,(H,27,35).